The minimum absolute atomic E-state index is 0.00417. The Morgan fingerprint density at radius 1 is 1.00 bits per heavy atom. The van der Waals surface area contributed by atoms with Crippen molar-refractivity contribution in [3.8, 4) is 11.6 Å². The van der Waals surface area contributed by atoms with Crippen molar-refractivity contribution >= 4 is 67.5 Å². The molecule has 0 unspecified atom stereocenters. The Kier molecular flexibility index (Phi) is 7.72. The molecule has 2 aromatic carbocycles. The molecule has 0 fully saturated rings. The summed E-state index contributed by atoms with van der Waals surface area (Å²) in [5.74, 6) is -1.98. The third kappa shape index (κ3) is 5.48. The summed E-state index contributed by atoms with van der Waals surface area (Å²) in [5.41, 5.74) is 13.8. The van der Waals surface area contributed by atoms with Crippen molar-refractivity contribution in [1.82, 2.24) is 9.78 Å². The van der Waals surface area contributed by atoms with E-state index < -0.39 is 11.9 Å². The van der Waals surface area contributed by atoms with E-state index in [0.717, 1.165) is 22.7 Å². The number of hydrogen-bond acceptors (Lipinski definition) is 11. The van der Waals surface area contributed by atoms with E-state index in [2.05, 4.69) is 15.7 Å². The first-order valence-corrected chi connectivity index (χ1v) is 14.0. The van der Waals surface area contributed by atoms with Crippen LogP contribution in [0.15, 0.2) is 72.1 Å². The van der Waals surface area contributed by atoms with Crippen molar-refractivity contribution in [2.45, 2.75) is 6.92 Å². The molecule has 0 saturated carbocycles. The predicted molar refractivity (Wildman–Crippen MR) is 160 cm³/mol. The number of nitrogens with zero attached hydrogens (tertiary/aromatic N) is 2. The van der Waals surface area contributed by atoms with Crippen LogP contribution < -0.4 is 22.1 Å². The van der Waals surface area contributed by atoms with Crippen molar-refractivity contribution in [3.63, 3.8) is 0 Å². The first kappa shape index (κ1) is 27.4. The molecule has 208 valence electrons. The number of ketones is 1. The van der Waals surface area contributed by atoms with Crippen molar-refractivity contribution in [2.75, 3.05) is 28.7 Å². The largest absolute Gasteiger partial charge is 0.492 e. The van der Waals surface area contributed by atoms with Gasteiger partial charge in [-0.2, -0.15) is 0 Å². The number of aromatic hydroxyl groups is 1. The van der Waals surface area contributed by atoms with Gasteiger partial charge in [-0.05, 0) is 19.1 Å². The number of para-hydroxylation sites is 1. The van der Waals surface area contributed by atoms with Gasteiger partial charge >= 0.3 is 5.97 Å². The maximum atomic E-state index is 13.8. The van der Waals surface area contributed by atoms with Crippen LogP contribution in [-0.2, 0) is 4.74 Å². The Bertz CT molecular complexity index is 1740. The molecule has 41 heavy (non-hydrogen) atoms. The number of thiophene rings is 2. The third-order valence-corrected chi connectivity index (χ3v) is 7.88. The minimum Gasteiger partial charge on any atom is -0.492 e. The number of carbonyl (C=O) groups is 3. The van der Waals surface area contributed by atoms with Crippen LogP contribution in [0, 0.1) is 0 Å². The number of amides is 1. The molecule has 13 heteroatoms. The molecule has 0 radical (unpaired) electrons. The molecular formula is C28H24N6O5S2. The van der Waals surface area contributed by atoms with Crippen LogP contribution in [0.25, 0.3) is 5.69 Å². The van der Waals surface area contributed by atoms with Gasteiger partial charge in [0.15, 0.2) is 0 Å². The summed E-state index contributed by atoms with van der Waals surface area (Å²) in [6.07, 6.45) is 0. The first-order valence-electron chi connectivity index (χ1n) is 12.3. The molecule has 11 nitrogen and oxygen atoms in total. The van der Waals surface area contributed by atoms with Crippen LogP contribution in [-0.4, -0.2) is 39.2 Å². The molecule has 5 rings (SSSR count). The molecular weight excluding hydrogens is 564 g/mol. The van der Waals surface area contributed by atoms with Crippen LogP contribution in [0.4, 0.5) is 27.2 Å². The van der Waals surface area contributed by atoms with E-state index in [1.807, 2.05) is 30.3 Å². The second-order valence-electron chi connectivity index (χ2n) is 8.57. The number of nitrogens with two attached hydrogens (primary N) is 2. The molecule has 0 spiro atoms. The van der Waals surface area contributed by atoms with Gasteiger partial charge in [-0.25, -0.2) is 9.48 Å². The van der Waals surface area contributed by atoms with Crippen LogP contribution in [0.3, 0.4) is 0 Å². The van der Waals surface area contributed by atoms with E-state index in [4.69, 9.17) is 16.2 Å². The number of ether oxygens (including phenoxy) is 1. The number of esters is 1. The lowest BCUT2D eigenvalue weighted by Gasteiger charge is -2.11. The van der Waals surface area contributed by atoms with E-state index in [-0.39, 0.29) is 56.5 Å². The number of rotatable bonds is 9. The van der Waals surface area contributed by atoms with E-state index in [9.17, 15) is 19.5 Å². The fourth-order valence-electron chi connectivity index (χ4n) is 4.04. The lowest BCUT2D eigenvalue weighted by molar-refractivity contribution is 0.0528. The van der Waals surface area contributed by atoms with E-state index in [1.54, 1.807) is 42.6 Å². The van der Waals surface area contributed by atoms with Gasteiger partial charge in [0.1, 0.15) is 26.3 Å². The monoisotopic (exact) mass is 588 g/mol. The molecule has 5 aromatic rings. The summed E-state index contributed by atoms with van der Waals surface area (Å²) >= 11 is 2.09. The highest BCUT2D eigenvalue weighted by molar-refractivity contribution is 7.19. The van der Waals surface area contributed by atoms with Gasteiger partial charge in [-0.1, -0.05) is 48.5 Å². The highest BCUT2D eigenvalue weighted by Gasteiger charge is 2.30. The van der Waals surface area contributed by atoms with Gasteiger partial charge in [0.05, 0.1) is 23.5 Å². The fourth-order valence-corrected chi connectivity index (χ4v) is 6.04. The first-order chi connectivity index (χ1) is 19.8. The lowest BCUT2D eigenvalue weighted by atomic mass is 10.1. The highest BCUT2D eigenvalue weighted by Crippen LogP contribution is 2.40. The summed E-state index contributed by atoms with van der Waals surface area (Å²) < 4.78 is 6.40. The second kappa shape index (κ2) is 11.5. The Morgan fingerprint density at radius 2 is 1.68 bits per heavy atom. The molecule has 1 amide bonds. The van der Waals surface area contributed by atoms with E-state index in [0.29, 0.717) is 16.3 Å². The number of anilines is 5. The van der Waals surface area contributed by atoms with Gasteiger partial charge in [0.2, 0.25) is 11.7 Å². The number of carbonyl (C=O) groups excluding carboxylic acids is 3. The molecule has 0 saturated heterocycles. The Balaban J connectivity index is 1.57. The van der Waals surface area contributed by atoms with Gasteiger partial charge in [-0.3, -0.25) is 9.59 Å². The van der Waals surface area contributed by atoms with Gasteiger partial charge in [0, 0.05) is 22.7 Å². The summed E-state index contributed by atoms with van der Waals surface area (Å²) in [6.45, 7) is 1.73. The summed E-state index contributed by atoms with van der Waals surface area (Å²) in [6, 6.07) is 19.0. The van der Waals surface area contributed by atoms with Gasteiger partial charge in [0.25, 0.3) is 5.91 Å². The highest BCUT2D eigenvalue weighted by atomic mass is 32.1. The zero-order chi connectivity index (χ0) is 29.1. The molecule has 7 N–H and O–H groups in total. The fraction of sp³-hybridized carbons (Fsp3) is 0.0714. The Labute approximate surface area is 242 Å². The maximum Gasteiger partial charge on any atom is 0.343 e. The molecule has 0 aliphatic heterocycles. The zero-order valence-corrected chi connectivity index (χ0v) is 23.2. The molecule has 0 aliphatic carbocycles. The van der Waals surface area contributed by atoms with Crippen molar-refractivity contribution in [3.05, 3.63) is 93.7 Å². The Hall–Kier alpha value is -5.14. The summed E-state index contributed by atoms with van der Waals surface area (Å²) in [7, 11) is 0. The molecule has 0 bridgehead atoms. The molecule has 0 aliphatic rings. The van der Waals surface area contributed by atoms with Crippen LogP contribution in [0.1, 0.15) is 42.9 Å². The van der Waals surface area contributed by atoms with Crippen LogP contribution in [0.5, 0.6) is 5.88 Å². The smallest absolute Gasteiger partial charge is 0.343 e. The zero-order valence-electron chi connectivity index (χ0n) is 21.6. The van der Waals surface area contributed by atoms with Crippen molar-refractivity contribution < 1.29 is 24.2 Å². The van der Waals surface area contributed by atoms with Crippen molar-refractivity contribution in [1.29, 1.82) is 0 Å². The second-order valence-corrected chi connectivity index (χ2v) is 10.5. The topological polar surface area (TPSA) is 175 Å². The predicted octanol–water partition coefficient (Wildman–Crippen LogP) is 5.27. The average molecular weight is 589 g/mol. The number of benzene rings is 2. The quantitative estimate of drug-likeness (QED) is 0.113. The normalized spacial score (nSPS) is 10.8. The summed E-state index contributed by atoms with van der Waals surface area (Å²) in [4.78, 5) is 40.3. The molecule has 3 aromatic heterocycles. The maximum absolute atomic E-state index is 13.8. The van der Waals surface area contributed by atoms with Crippen LogP contribution in [0.2, 0.25) is 0 Å². The summed E-state index contributed by atoms with van der Waals surface area (Å²) in [5, 5.41) is 21.7. The standard InChI is InChI=1S/C28H24N6O5S2/c1-2-39-28(38)20-17(34-18(29)13-19(35)33-34)14-40-26(20)32-25(37)21-22(30)24(23(36)15-9-5-3-6-10-15)41-27(21)31-16-11-7-4-8-12-16/h3-14,31H,2,29-30H2,1H3,(H,32,37)(H,33,35). The number of hydrogen-bond donors (Lipinski definition) is 5. The van der Waals surface area contributed by atoms with Gasteiger partial charge in [-0.15, -0.1) is 27.8 Å². The third-order valence-electron chi connectivity index (χ3n) is 5.88. The number of nitrogen functional groups attached to an aromatic ring is 2. The molecule has 0 atom stereocenters. The number of aromatic nitrogens is 2. The lowest BCUT2D eigenvalue weighted by Crippen LogP contribution is -2.18. The minimum atomic E-state index is -0.727. The van der Waals surface area contributed by atoms with Crippen LogP contribution >= 0.6 is 22.7 Å². The van der Waals surface area contributed by atoms with Crippen molar-refractivity contribution in [2.24, 2.45) is 0 Å². The Morgan fingerprint density at radius 3 is 2.32 bits per heavy atom. The van der Waals surface area contributed by atoms with Gasteiger partial charge < -0.3 is 31.9 Å². The molecule has 3 heterocycles. The average Bonchev–Trinajstić information content (AvgIpc) is 3.63. The van der Waals surface area contributed by atoms with E-state index >= 15 is 0 Å². The van der Waals surface area contributed by atoms with E-state index in [1.165, 1.54) is 10.7 Å². The SMILES string of the molecule is CCOC(=O)c1c(-n2nc(O)cc2N)csc1NC(=O)c1c(Nc2ccccc2)sc(C(=O)c2ccccc2)c1N. The number of nitrogens with one attached hydrogen (secondary N) is 2.